The minimum Gasteiger partial charge on any atom is -0.299 e. The van der Waals surface area contributed by atoms with Crippen molar-refractivity contribution >= 4 is 29.3 Å². The van der Waals surface area contributed by atoms with E-state index in [1.807, 2.05) is 5.57 Å². The molecule has 3 saturated carbocycles. The van der Waals surface area contributed by atoms with Crippen LogP contribution in [-0.2, 0) is 4.79 Å². The van der Waals surface area contributed by atoms with Crippen LogP contribution in [0.25, 0.3) is 0 Å². The third-order valence-corrected chi connectivity index (χ3v) is 11.3. The summed E-state index contributed by atoms with van der Waals surface area (Å²) in [6, 6.07) is 0. The lowest BCUT2D eigenvalue weighted by molar-refractivity contribution is -0.131. The molecule has 5 rings (SSSR count). The zero-order valence-electron chi connectivity index (χ0n) is 14.2. The van der Waals surface area contributed by atoms with Gasteiger partial charge >= 0.3 is 0 Å². The van der Waals surface area contributed by atoms with E-state index < -0.39 is 0 Å². The molecular weight excluding hydrogens is 320 g/mol. The maximum Gasteiger partial charge on any atom is 0.139 e. The van der Waals surface area contributed by atoms with Crippen molar-refractivity contribution in [2.24, 2.45) is 29.1 Å². The summed E-state index contributed by atoms with van der Waals surface area (Å²) in [6.45, 7) is 2.30. The largest absolute Gasteiger partial charge is 0.299 e. The maximum atomic E-state index is 12.4. The Kier molecular flexibility index (Phi) is 3.54. The number of carbonyl (C=O) groups is 1. The van der Waals surface area contributed by atoms with Crippen molar-refractivity contribution in [2.45, 2.75) is 62.4 Å². The molecule has 5 unspecified atom stereocenters. The first-order valence-electron chi connectivity index (χ1n) is 9.64. The fourth-order valence-corrected chi connectivity index (χ4v) is 9.97. The van der Waals surface area contributed by atoms with Crippen LogP contribution in [0.1, 0.15) is 58.3 Å². The van der Waals surface area contributed by atoms with Gasteiger partial charge in [0, 0.05) is 23.3 Å². The van der Waals surface area contributed by atoms with E-state index in [0.29, 0.717) is 15.8 Å². The summed E-state index contributed by atoms with van der Waals surface area (Å²) in [7, 11) is 0. The lowest BCUT2D eigenvalue weighted by Gasteiger charge is -2.53. The van der Waals surface area contributed by atoms with Gasteiger partial charge in [-0.15, -0.1) is 23.5 Å². The molecular formula is C20H28OS2. The van der Waals surface area contributed by atoms with Gasteiger partial charge in [-0.05, 0) is 68.6 Å². The van der Waals surface area contributed by atoms with Crippen LogP contribution < -0.4 is 0 Å². The predicted octanol–water partition coefficient (Wildman–Crippen LogP) is 5.30. The van der Waals surface area contributed by atoms with E-state index in [1.54, 1.807) is 0 Å². The summed E-state index contributed by atoms with van der Waals surface area (Å²) >= 11 is 4.42. The van der Waals surface area contributed by atoms with Gasteiger partial charge in [-0.1, -0.05) is 18.6 Å². The molecule has 5 aliphatic rings. The number of Topliss-reactive ketones (excluding diaryl/α,β-unsaturated/α-hetero) is 1. The number of rotatable bonds is 0. The van der Waals surface area contributed by atoms with Gasteiger partial charge in [0.2, 0.25) is 0 Å². The number of carbonyl (C=O) groups excluding carboxylic acids is 1. The number of fused-ring (bicyclic) bond motifs is 5. The summed E-state index contributed by atoms with van der Waals surface area (Å²) in [5, 5.41) is 0. The average molecular weight is 349 g/mol. The summed E-state index contributed by atoms with van der Waals surface area (Å²) in [5.41, 5.74) is 1.86. The van der Waals surface area contributed by atoms with Gasteiger partial charge in [0.15, 0.2) is 0 Å². The first kappa shape index (κ1) is 15.4. The monoisotopic (exact) mass is 348 g/mol. The van der Waals surface area contributed by atoms with Crippen molar-refractivity contribution < 1.29 is 4.79 Å². The smallest absolute Gasteiger partial charge is 0.139 e. The first-order chi connectivity index (χ1) is 11.1. The van der Waals surface area contributed by atoms with Crippen LogP contribution >= 0.6 is 23.5 Å². The van der Waals surface area contributed by atoms with Crippen LogP contribution in [-0.4, -0.2) is 21.4 Å². The predicted molar refractivity (Wildman–Crippen MR) is 99.7 cm³/mol. The molecule has 4 aliphatic carbocycles. The van der Waals surface area contributed by atoms with Gasteiger partial charge in [0.25, 0.3) is 0 Å². The lowest BCUT2D eigenvalue weighted by atomic mass is 9.52. The molecule has 0 aromatic rings. The Bertz CT molecular complexity index is 562. The standard InChI is InChI=1S/C20H28OS2/c1-19-8-6-15-14-7-9-20(22-10-11-23-20)12-13(14)2-3-16(15)17(19)4-5-18(19)21/h12,14-17H,2-11H2,1H3. The Morgan fingerprint density at radius 3 is 2.65 bits per heavy atom. The molecule has 0 aromatic carbocycles. The van der Waals surface area contributed by atoms with E-state index in [0.717, 1.165) is 24.2 Å². The van der Waals surface area contributed by atoms with Gasteiger partial charge < -0.3 is 0 Å². The molecule has 1 heterocycles. The molecule has 23 heavy (non-hydrogen) atoms. The van der Waals surface area contributed by atoms with E-state index in [4.69, 9.17) is 0 Å². The molecule has 0 N–H and O–H groups in total. The second kappa shape index (κ2) is 5.30. The highest BCUT2D eigenvalue weighted by Gasteiger charge is 2.56. The average Bonchev–Trinajstić information content (AvgIpc) is 3.12. The SMILES string of the molecule is CC12CCC3C4CCC5(C=C4CCC3C1CCC2=O)SCCS5. The van der Waals surface area contributed by atoms with E-state index in [1.165, 1.54) is 56.5 Å². The molecule has 1 saturated heterocycles. The molecule has 5 atom stereocenters. The van der Waals surface area contributed by atoms with E-state index in [9.17, 15) is 4.79 Å². The molecule has 1 nitrogen and oxygen atoms in total. The Hall–Kier alpha value is 0.110. The van der Waals surface area contributed by atoms with Crippen LogP contribution in [0.2, 0.25) is 0 Å². The number of hydrogen-bond donors (Lipinski definition) is 0. The second-order valence-corrected chi connectivity index (χ2v) is 11.9. The first-order valence-corrected chi connectivity index (χ1v) is 11.6. The Balaban J connectivity index is 1.43. The summed E-state index contributed by atoms with van der Waals surface area (Å²) in [4.78, 5) is 12.4. The minimum atomic E-state index is 0.0510. The summed E-state index contributed by atoms with van der Waals surface area (Å²) in [6.07, 6.45) is 12.8. The quantitative estimate of drug-likeness (QED) is 0.553. The molecule has 0 radical (unpaired) electrons. The zero-order chi connectivity index (χ0) is 15.7. The van der Waals surface area contributed by atoms with Crippen LogP contribution in [0.5, 0.6) is 0 Å². The highest BCUT2D eigenvalue weighted by Crippen LogP contribution is 2.63. The number of ketones is 1. The number of hydrogen-bond acceptors (Lipinski definition) is 3. The van der Waals surface area contributed by atoms with Crippen molar-refractivity contribution in [3.05, 3.63) is 11.6 Å². The van der Waals surface area contributed by atoms with E-state index in [-0.39, 0.29) is 5.41 Å². The van der Waals surface area contributed by atoms with Crippen molar-refractivity contribution in [1.82, 2.24) is 0 Å². The second-order valence-electron chi connectivity index (χ2n) is 8.76. The van der Waals surface area contributed by atoms with Crippen molar-refractivity contribution in [3.8, 4) is 0 Å². The minimum absolute atomic E-state index is 0.0510. The number of thioether (sulfide) groups is 2. The van der Waals surface area contributed by atoms with Gasteiger partial charge in [0.05, 0.1) is 4.08 Å². The normalized spacial score (nSPS) is 47.9. The van der Waals surface area contributed by atoms with Crippen molar-refractivity contribution in [2.75, 3.05) is 11.5 Å². The van der Waals surface area contributed by atoms with Gasteiger partial charge in [-0.25, -0.2) is 0 Å². The number of allylic oxidation sites excluding steroid dienone is 1. The highest BCUT2D eigenvalue weighted by molar-refractivity contribution is 8.21. The van der Waals surface area contributed by atoms with Crippen LogP contribution in [0, 0.1) is 29.1 Å². The van der Waals surface area contributed by atoms with Crippen molar-refractivity contribution in [1.29, 1.82) is 0 Å². The topological polar surface area (TPSA) is 17.1 Å². The van der Waals surface area contributed by atoms with Crippen molar-refractivity contribution in [3.63, 3.8) is 0 Å². The van der Waals surface area contributed by atoms with Gasteiger partial charge in [-0.2, -0.15) is 0 Å². The zero-order valence-corrected chi connectivity index (χ0v) is 15.8. The molecule has 0 aromatic heterocycles. The third-order valence-electron chi connectivity index (χ3n) is 7.95. The van der Waals surface area contributed by atoms with Gasteiger partial charge in [0.1, 0.15) is 5.78 Å². The molecule has 1 aliphatic heterocycles. The molecule has 4 fully saturated rings. The van der Waals surface area contributed by atoms with Crippen LogP contribution in [0.4, 0.5) is 0 Å². The molecule has 0 bridgehead atoms. The molecule has 126 valence electrons. The molecule has 3 heteroatoms. The Labute approximate surface area is 148 Å². The Morgan fingerprint density at radius 2 is 1.83 bits per heavy atom. The highest BCUT2D eigenvalue weighted by atomic mass is 32.2. The van der Waals surface area contributed by atoms with E-state index in [2.05, 4.69) is 36.5 Å². The summed E-state index contributed by atoms with van der Waals surface area (Å²) in [5.74, 6) is 6.58. The maximum absolute atomic E-state index is 12.4. The van der Waals surface area contributed by atoms with Crippen LogP contribution in [0.3, 0.4) is 0 Å². The summed E-state index contributed by atoms with van der Waals surface area (Å²) < 4.78 is 0.450. The Morgan fingerprint density at radius 1 is 1.00 bits per heavy atom. The fraction of sp³-hybridized carbons (Fsp3) is 0.850. The molecule has 0 amide bonds. The molecule has 1 spiro atoms. The van der Waals surface area contributed by atoms with Crippen LogP contribution in [0.15, 0.2) is 11.6 Å². The third kappa shape index (κ3) is 2.18. The fourth-order valence-electron chi connectivity index (χ4n) is 6.78. The van der Waals surface area contributed by atoms with E-state index >= 15 is 0 Å². The lowest BCUT2D eigenvalue weighted by Crippen LogP contribution is -2.47. The van der Waals surface area contributed by atoms with Gasteiger partial charge in [-0.3, -0.25) is 4.79 Å².